The monoisotopic (exact) mass is 725 g/mol. The average molecular weight is 726 g/mol. The van der Waals surface area contributed by atoms with Gasteiger partial charge in [0.25, 0.3) is 0 Å². The molecule has 1 aliphatic heterocycles. The predicted octanol–water partition coefficient (Wildman–Crippen LogP) is 9.27. The summed E-state index contributed by atoms with van der Waals surface area (Å²) in [6, 6.07) is 7.11. The number of halogens is 8. The molecule has 49 heavy (non-hydrogen) atoms. The van der Waals surface area contributed by atoms with Crippen molar-refractivity contribution >= 4 is 89.6 Å². The van der Waals surface area contributed by atoms with Crippen LogP contribution in [0.1, 0.15) is 0 Å². The third-order valence-corrected chi connectivity index (χ3v) is 8.26. The van der Waals surface area contributed by atoms with Gasteiger partial charge in [0, 0.05) is 44.8 Å². The summed E-state index contributed by atoms with van der Waals surface area (Å²) < 4.78 is 116. The van der Waals surface area contributed by atoms with E-state index in [0.717, 1.165) is 48.5 Å². The van der Waals surface area contributed by atoms with Crippen LogP contribution < -0.4 is 31.2 Å². The molecular formula is C32H14CuF8N8. The Kier molecular flexibility index (Phi) is 6.60. The maximum Gasteiger partial charge on any atom is 2.00 e. The molecule has 0 aliphatic carbocycles. The number of aromatic nitrogens is 4. The van der Waals surface area contributed by atoms with Gasteiger partial charge in [0.15, 0.2) is 46.5 Å². The van der Waals surface area contributed by atoms with Crippen LogP contribution in [-0.2, 0) is 17.1 Å². The first-order chi connectivity index (χ1) is 23.0. The molecule has 4 aromatic carbocycles. The Hall–Kier alpha value is -5.80. The van der Waals surface area contributed by atoms with Gasteiger partial charge in [0.2, 0.25) is 0 Å². The van der Waals surface area contributed by atoms with Crippen LogP contribution in [0.4, 0.5) is 81.7 Å². The molecule has 8 aromatic rings. The summed E-state index contributed by atoms with van der Waals surface area (Å²) in [5.41, 5.74) is 0. The Labute approximate surface area is 277 Å². The van der Waals surface area contributed by atoms with Crippen LogP contribution in [0.25, 0.3) is 43.1 Å². The number of aromatic amines is 2. The summed E-state index contributed by atoms with van der Waals surface area (Å²) in [6.07, 6.45) is 0. The SMILES string of the molecule is Fc1cc2c3[n-]c(c2cc1F)Nc1[nH]c(c2cc(F)c(F)cc12)Nc1[n-]c(c2cc(F)c(F)cc12)Nc1[nH]c(c2cc(F)c(F)cc12)N3.[Cu+2]. The summed E-state index contributed by atoms with van der Waals surface area (Å²) in [4.78, 5) is 14.8. The third-order valence-electron chi connectivity index (χ3n) is 8.26. The minimum absolute atomic E-state index is 0. The van der Waals surface area contributed by atoms with E-state index >= 15 is 0 Å². The average Bonchev–Trinajstić information content (AvgIpc) is 3.74. The van der Waals surface area contributed by atoms with Crippen molar-refractivity contribution in [2.75, 3.05) is 21.3 Å². The van der Waals surface area contributed by atoms with Gasteiger partial charge in [-0.15, -0.1) is 0 Å². The molecule has 0 spiro atoms. The normalized spacial score (nSPS) is 12.6. The van der Waals surface area contributed by atoms with E-state index < -0.39 is 46.5 Å². The van der Waals surface area contributed by atoms with E-state index in [1.807, 2.05) is 0 Å². The molecule has 0 saturated heterocycles. The second kappa shape index (κ2) is 10.6. The van der Waals surface area contributed by atoms with Crippen LogP contribution >= 0.6 is 0 Å². The largest absolute Gasteiger partial charge is 2.00 e. The summed E-state index contributed by atoms with van der Waals surface area (Å²) in [7, 11) is 0. The first kappa shape index (κ1) is 30.5. The smallest absolute Gasteiger partial charge is 0.400 e. The number of benzene rings is 4. The summed E-state index contributed by atoms with van der Waals surface area (Å²) in [5, 5.41) is 12.4. The van der Waals surface area contributed by atoms with E-state index in [0.29, 0.717) is 0 Å². The van der Waals surface area contributed by atoms with Crippen LogP contribution in [0, 0.1) is 46.5 Å². The molecule has 0 atom stereocenters. The van der Waals surface area contributed by atoms with Crippen LogP contribution in [0.15, 0.2) is 48.5 Å². The summed E-state index contributed by atoms with van der Waals surface area (Å²) in [6.45, 7) is 0. The number of H-pyrrole nitrogens is 2. The number of nitrogens with one attached hydrogen (secondary N) is 6. The van der Waals surface area contributed by atoms with Crippen molar-refractivity contribution in [3.05, 3.63) is 95.1 Å². The quantitative estimate of drug-likeness (QED) is 0.0688. The Morgan fingerprint density at radius 2 is 0.490 bits per heavy atom. The van der Waals surface area contributed by atoms with Crippen molar-refractivity contribution in [2.45, 2.75) is 0 Å². The molecule has 6 N–H and O–H groups in total. The van der Waals surface area contributed by atoms with E-state index in [1.165, 1.54) is 0 Å². The molecule has 8 nitrogen and oxygen atoms in total. The molecule has 0 fully saturated rings. The number of nitrogens with zero attached hydrogens (tertiary/aromatic N) is 2. The van der Waals surface area contributed by atoms with Crippen molar-refractivity contribution in [1.82, 2.24) is 19.9 Å². The van der Waals surface area contributed by atoms with Crippen LogP contribution in [0.3, 0.4) is 0 Å². The Morgan fingerprint density at radius 1 is 0.306 bits per heavy atom. The molecule has 8 bridgehead atoms. The molecule has 5 heterocycles. The molecular weight excluding hydrogens is 712 g/mol. The first-order valence-corrected chi connectivity index (χ1v) is 14.0. The number of hydrogen-bond acceptors (Lipinski definition) is 4. The Balaban J connectivity index is 0.00000348. The fraction of sp³-hybridized carbons (Fsp3) is 0. The molecule has 249 valence electrons. The van der Waals surface area contributed by atoms with E-state index in [1.54, 1.807) is 0 Å². The van der Waals surface area contributed by atoms with E-state index in [-0.39, 0.29) is 107 Å². The predicted molar refractivity (Wildman–Crippen MR) is 164 cm³/mol. The molecule has 0 amide bonds. The molecule has 0 unspecified atom stereocenters. The second-order valence-corrected chi connectivity index (χ2v) is 11.1. The minimum Gasteiger partial charge on any atom is -0.400 e. The maximum atomic E-state index is 14.6. The van der Waals surface area contributed by atoms with Gasteiger partial charge in [-0.1, -0.05) is 0 Å². The fourth-order valence-electron chi connectivity index (χ4n) is 6.03. The maximum absolute atomic E-state index is 14.6. The molecule has 1 aliphatic rings. The molecule has 17 heteroatoms. The van der Waals surface area contributed by atoms with Gasteiger partial charge in [-0.25, -0.2) is 35.1 Å². The zero-order valence-corrected chi connectivity index (χ0v) is 24.8. The topological polar surface area (TPSA) is 108 Å². The number of hydrogen-bond donors (Lipinski definition) is 6. The van der Waals surface area contributed by atoms with E-state index in [4.69, 9.17) is 0 Å². The number of rotatable bonds is 0. The van der Waals surface area contributed by atoms with Gasteiger partial charge in [0.1, 0.15) is 0 Å². The number of fused-ring (bicyclic) bond motifs is 20. The van der Waals surface area contributed by atoms with Crippen LogP contribution in [0.2, 0.25) is 0 Å². The second-order valence-electron chi connectivity index (χ2n) is 11.1. The molecule has 4 aromatic heterocycles. The zero-order chi connectivity index (χ0) is 33.2. The van der Waals surface area contributed by atoms with Gasteiger partial charge >= 0.3 is 17.1 Å². The van der Waals surface area contributed by atoms with E-state index in [9.17, 15) is 35.1 Å². The molecule has 9 rings (SSSR count). The zero-order valence-electron chi connectivity index (χ0n) is 23.8. The van der Waals surface area contributed by atoms with E-state index in [2.05, 4.69) is 41.2 Å². The van der Waals surface area contributed by atoms with Gasteiger partial charge in [-0.3, -0.25) is 0 Å². The van der Waals surface area contributed by atoms with Gasteiger partial charge in [0.05, 0.1) is 23.3 Å². The Bertz CT molecular complexity index is 2160. The van der Waals surface area contributed by atoms with Crippen molar-refractivity contribution in [1.29, 1.82) is 0 Å². The van der Waals surface area contributed by atoms with Crippen molar-refractivity contribution in [3.63, 3.8) is 0 Å². The molecule has 0 saturated carbocycles. The van der Waals surface area contributed by atoms with Crippen molar-refractivity contribution in [3.8, 4) is 0 Å². The summed E-state index contributed by atoms with van der Waals surface area (Å²) >= 11 is 0. The minimum atomic E-state index is -1.20. The van der Waals surface area contributed by atoms with Crippen LogP contribution in [0.5, 0.6) is 0 Å². The molecule has 1 radical (unpaired) electrons. The third kappa shape index (κ3) is 4.57. The van der Waals surface area contributed by atoms with Gasteiger partial charge in [-0.05, 0) is 70.1 Å². The van der Waals surface area contributed by atoms with Crippen LogP contribution in [-0.4, -0.2) is 9.97 Å². The van der Waals surface area contributed by atoms with Crippen molar-refractivity contribution < 1.29 is 52.2 Å². The van der Waals surface area contributed by atoms with Gasteiger partial charge < -0.3 is 41.2 Å². The Morgan fingerprint density at radius 3 is 0.694 bits per heavy atom. The summed E-state index contributed by atoms with van der Waals surface area (Å²) in [5.74, 6) is -9.69. The standard InChI is InChI=1S/C32H14F8N8.Cu/c33-17-1-9-10(2-18(17)34)26-41-25(9)45-27-11-3-19(35)20(36)4-12(11)29(42-27)47-31-15-7-23(39)24(40)8-16(15)32(44-31)48-30-14-6-22(38)21(37)5-13(14)28(43-30)46-26;/h1-8,41,44-48H;/q-2;+2. The number of anilines is 8. The fourth-order valence-corrected chi connectivity index (χ4v) is 6.03. The van der Waals surface area contributed by atoms with Crippen molar-refractivity contribution in [2.24, 2.45) is 0 Å². The first-order valence-electron chi connectivity index (χ1n) is 14.0. The van der Waals surface area contributed by atoms with Gasteiger partial charge in [-0.2, -0.15) is 0 Å².